The van der Waals surface area contributed by atoms with Crippen LogP contribution in [0.15, 0.2) is 79.0 Å². The van der Waals surface area contributed by atoms with Crippen LogP contribution in [0.1, 0.15) is 54.5 Å². The Hall–Kier alpha value is -3.07. The van der Waals surface area contributed by atoms with Crippen molar-refractivity contribution in [1.29, 1.82) is 0 Å². The Kier molecular flexibility index (Phi) is 7.03. The van der Waals surface area contributed by atoms with Crippen LogP contribution in [0.5, 0.6) is 0 Å². The normalized spacial score (nSPS) is 14.7. The summed E-state index contributed by atoms with van der Waals surface area (Å²) in [6.07, 6.45) is 11.7. The number of hydrogen-bond acceptors (Lipinski definition) is 1. The van der Waals surface area contributed by atoms with Crippen LogP contribution in [0.3, 0.4) is 0 Å². The zero-order valence-corrected chi connectivity index (χ0v) is 18.4. The minimum absolute atomic E-state index is 0.111. The molecule has 4 rings (SSSR count). The molecule has 2 aromatic carbocycles. The van der Waals surface area contributed by atoms with E-state index >= 15 is 0 Å². The maximum atomic E-state index is 13.3. The summed E-state index contributed by atoms with van der Waals surface area (Å²) < 4.78 is 2.28. The molecular weight excluding hydrogens is 380 g/mol. The Morgan fingerprint density at radius 3 is 2.48 bits per heavy atom. The van der Waals surface area contributed by atoms with E-state index in [0.29, 0.717) is 12.6 Å². The molecule has 0 atom stereocenters. The molecule has 0 radical (unpaired) electrons. The van der Waals surface area contributed by atoms with Crippen molar-refractivity contribution in [2.24, 2.45) is 0 Å². The summed E-state index contributed by atoms with van der Waals surface area (Å²) in [4.78, 5) is 15.4. The second-order valence-corrected chi connectivity index (χ2v) is 8.56. The smallest absolute Gasteiger partial charge is 0.247 e. The Labute approximate surface area is 186 Å². The fourth-order valence-corrected chi connectivity index (χ4v) is 4.50. The van der Waals surface area contributed by atoms with Crippen molar-refractivity contribution < 1.29 is 4.79 Å². The van der Waals surface area contributed by atoms with Gasteiger partial charge >= 0.3 is 0 Å². The van der Waals surface area contributed by atoms with Gasteiger partial charge in [-0.15, -0.1) is 0 Å². The lowest BCUT2D eigenvalue weighted by Gasteiger charge is -2.34. The monoisotopic (exact) mass is 412 g/mol. The first-order valence-corrected chi connectivity index (χ1v) is 11.4. The number of carbonyl (C=O) groups excluding carboxylic acids is 1. The molecule has 0 N–H and O–H groups in total. The van der Waals surface area contributed by atoms with Gasteiger partial charge in [-0.1, -0.05) is 73.9 Å². The van der Waals surface area contributed by atoms with Crippen LogP contribution < -0.4 is 0 Å². The van der Waals surface area contributed by atoms with E-state index in [2.05, 4.69) is 59.0 Å². The van der Waals surface area contributed by atoms with E-state index in [4.69, 9.17) is 0 Å². The third-order valence-corrected chi connectivity index (χ3v) is 6.37. The van der Waals surface area contributed by atoms with E-state index in [0.717, 1.165) is 24.9 Å². The average Bonchev–Trinajstić information content (AvgIpc) is 3.25. The number of hydrogen-bond donors (Lipinski definition) is 0. The summed E-state index contributed by atoms with van der Waals surface area (Å²) in [7, 11) is 0. The van der Waals surface area contributed by atoms with Gasteiger partial charge in [0.05, 0.1) is 6.54 Å². The number of aryl methyl sites for hydroxylation is 1. The highest BCUT2D eigenvalue weighted by Gasteiger charge is 2.25. The number of benzene rings is 2. The van der Waals surface area contributed by atoms with Crippen LogP contribution >= 0.6 is 0 Å². The molecule has 31 heavy (non-hydrogen) atoms. The topological polar surface area (TPSA) is 25.2 Å². The lowest BCUT2D eigenvalue weighted by atomic mass is 9.94. The molecule has 0 aliphatic heterocycles. The van der Waals surface area contributed by atoms with Gasteiger partial charge in [0, 0.05) is 30.6 Å². The maximum Gasteiger partial charge on any atom is 0.247 e. The number of aromatic nitrogens is 1. The van der Waals surface area contributed by atoms with E-state index < -0.39 is 0 Å². The first-order chi connectivity index (χ1) is 15.2. The molecular formula is C28H32N2O. The third kappa shape index (κ3) is 5.55. The second kappa shape index (κ2) is 10.3. The van der Waals surface area contributed by atoms with Crippen molar-refractivity contribution in [2.75, 3.05) is 0 Å². The highest BCUT2D eigenvalue weighted by atomic mass is 16.2. The molecule has 3 nitrogen and oxygen atoms in total. The van der Waals surface area contributed by atoms with Crippen LogP contribution in [-0.2, 0) is 17.9 Å². The van der Waals surface area contributed by atoms with Crippen molar-refractivity contribution in [2.45, 2.75) is 58.2 Å². The Morgan fingerprint density at radius 1 is 0.968 bits per heavy atom. The van der Waals surface area contributed by atoms with E-state index in [-0.39, 0.29) is 5.91 Å². The highest BCUT2D eigenvalue weighted by molar-refractivity contribution is 5.92. The quantitative estimate of drug-likeness (QED) is 0.423. The summed E-state index contributed by atoms with van der Waals surface area (Å²) >= 11 is 0. The lowest BCUT2D eigenvalue weighted by molar-refractivity contribution is -0.129. The summed E-state index contributed by atoms with van der Waals surface area (Å²) in [5, 5.41) is 0. The number of nitrogens with zero attached hydrogens (tertiary/aromatic N) is 2. The Balaban J connectivity index is 1.54. The van der Waals surface area contributed by atoms with Gasteiger partial charge in [-0.2, -0.15) is 0 Å². The summed E-state index contributed by atoms with van der Waals surface area (Å²) in [5.74, 6) is 0.111. The van der Waals surface area contributed by atoms with Crippen molar-refractivity contribution in [3.63, 3.8) is 0 Å². The molecule has 160 valence electrons. The fraction of sp³-hybridized carbons (Fsp3) is 0.321. The van der Waals surface area contributed by atoms with Crippen molar-refractivity contribution in [3.8, 4) is 0 Å². The van der Waals surface area contributed by atoms with Crippen molar-refractivity contribution in [1.82, 2.24) is 9.47 Å². The van der Waals surface area contributed by atoms with Gasteiger partial charge < -0.3 is 9.47 Å². The van der Waals surface area contributed by atoms with E-state index in [1.54, 1.807) is 6.08 Å². The molecule has 1 aliphatic carbocycles. The molecule has 0 saturated heterocycles. The number of rotatable bonds is 7. The molecule has 1 aromatic heterocycles. The molecule has 0 unspecified atom stereocenters. The molecule has 1 amide bonds. The molecule has 0 bridgehead atoms. The molecule has 1 saturated carbocycles. The minimum Gasteiger partial charge on any atom is -0.345 e. The summed E-state index contributed by atoms with van der Waals surface area (Å²) in [6, 6.07) is 23.2. The summed E-state index contributed by atoms with van der Waals surface area (Å²) in [6.45, 7) is 3.65. The maximum absolute atomic E-state index is 13.3. The van der Waals surface area contributed by atoms with Gasteiger partial charge in [-0.05, 0) is 54.7 Å². The van der Waals surface area contributed by atoms with Crippen LogP contribution in [0, 0.1) is 6.92 Å². The zero-order valence-electron chi connectivity index (χ0n) is 18.4. The predicted octanol–water partition coefficient (Wildman–Crippen LogP) is 6.22. The molecule has 1 heterocycles. The van der Waals surface area contributed by atoms with Crippen molar-refractivity contribution >= 4 is 12.0 Å². The van der Waals surface area contributed by atoms with E-state index in [1.807, 2.05) is 36.4 Å². The van der Waals surface area contributed by atoms with Gasteiger partial charge in [-0.3, -0.25) is 4.79 Å². The van der Waals surface area contributed by atoms with Crippen molar-refractivity contribution in [3.05, 3.63) is 101 Å². The largest absolute Gasteiger partial charge is 0.345 e. The van der Waals surface area contributed by atoms with Gasteiger partial charge in [0.1, 0.15) is 0 Å². The first-order valence-electron chi connectivity index (χ1n) is 11.4. The predicted molar refractivity (Wildman–Crippen MR) is 128 cm³/mol. The highest BCUT2D eigenvalue weighted by Crippen LogP contribution is 2.25. The van der Waals surface area contributed by atoms with Crippen LogP contribution in [0.4, 0.5) is 0 Å². The Morgan fingerprint density at radius 2 is 1.71 bits per heavy atom. The van der Waals surface area contributed by atoms with Gasteiger partial charge in [0.25, 0.3) is 0 Å². The van der Waals surface area contributed by atoms with Gasteiger partial charge in [0.15, 0.2) is 0 Å². The SMILES string of the molecule is Cc1ccccc1Cn1cccc1CN(C(=O)C=Cc1ccccc1)C1CCCCC1. The molecule has 1 aliphatic rings. The third-order valence-electron chi connectivity index (χ3n) is 6.37. The van der Waals surface area contributed by atoms with Crippen LogP contribution in [-0.4, -0.2) is 21.4 Å². The zero-order chi connectivity index (χ0) is 21.5. The molecule has 3 aromatic rings. The first kappa shape index (κ1) is 21.2. The van der Waals surface area contributed by atoms with Gasteiger partial charge in [0.2, 0.25) is 5.91 Å². The fourth-order valence-electron chi connectivity index (χ4n) is 4.50. The molecule has 3 heteroatoms. The van der Waals surface area contributed by atoms with Crippen LogP contribution in [0.2, 0.25) is 0 Å². The standard InChI is InChI=1S/C28H32N2O/c1-23-11-8-9-14-25(23)21-29-20-10-17-27(29)22-30(26-15-6-3-7-16-26)28(31)19-18-24-12-4-2-5-13-24/h2,4-5,8-14,17-20,26H,3,6-7,15-16,21-22H2,1H3. The summed E-state index contributed by atoms with van der Waals surface area (Å²) in [5.41, 5.74) is 4.87. The van der Waals surface area contributed by atoms with Gasteiger partial charge in [-0.25, -0.2) is 0 Å². The minimum atomic E-state index is 0.111. The van der Waals surface area contributed by atoms with Crippen LogP contribution in [0.25, 0.3) is 6.08 Å². The Bertz CT molecular complexity index is 1010. The average molecular weight is 413 g/mol. The lowest BCUT2D eigenvalue weighted by Crippen LogP contribution is -2.40. The molecule has 0 spiro atoms. The molecule has 1 fully saturated rings. The number of amides is 1. The number of carbonyl (C=O) groups is 1. The van der Waals surface area contributed by atoms with E-state index in [9.17, 15) is 4.79 Å². The second-order valence-electron chi connectivity index (χ2n) is 8.56. The van der Waals surface area contributed by atoms with E-state index in [1.165, 1.54) is 36.1 Å².